The molecule has 0 fully saturated rings. The maximum atomic E-state index is 3.91. The minimum atomic E-state index is 0.896. The molecule has 0 spiro atoms. The van der Waals surface area contributed by atoms with Crippen molar-refractivity contribution >= 4 is 12.8 Å². The fraction of sp³-hybridized carbons (Fsp3) is 0.286. The summed E-state index contributed by atoms with van der Waals surface area (Å²) in [6.07, 6.45) is 4.60. The van der Waals surface area contributed by atoms with Gasteiger partial charge in [0.2, 0.25) is 0 Å². The zero-order valence-corrected chi connectivity index (χ0v) is 6.51. The second-order valence-electron chi connectivity index (χ2n) is 2.01. The molecule has 1 aromatic heterocycles. The fourth-order valence-electron chi connectivity index (χ4n) is 0.750. The Labute approximate surface area is 66.2 Å². The molecular formula is C7H10N2S. The summed E-state index contributed by atoms with van der Waals surface area (Å²) in [6, 6.07) is 4.01. The van der Waals surface area contributed by atoms with E-state index in [0.717, 1.165) is 13.0 Å². The molecule has 1 rings (SSSR count). The van der Waals surface area contributed by atoms with Gasteiger partial charge in [-0.25, -0.2) is 0 Å². The van der Waals surface area contributed by atoms with Crippen LogP contribution >= 0.6 is 12.8 Å². The fourth-order valence-corrected chi connectivity index (χ4v) is 0.861. The molecule has 2 nitrogen and oxygen atoms in total. The van der Waals surface area contributed by atoms with E-state index in [1.165, 1.54) is 5.56 Å². The second-order valence-corrected chi connectivity index (χ2v) is 2.33. The van der Waals surface area contributed by atoms with Gasteiger partial charge in [0.05, 0.1) is 0 Å². The molecule has 0 radical (unpaired) electrons. The number of hydrogen-bond donors (Lipinski definition) is 2. The minimum absolute atomic E-state index is 0.896. The molecule has 0 unspecified atom stereocenters. The molecule has 54 valence electrons. The molecule has 0 amide bonds. The molecule has 0 aliphatic rings. The topological polar surface area (TPSA) is 24.9 Å². The molecular weight excluding hydrogens is 144 g/mol. The highest BCUT2D eigenvalue weighted by atomic mass is 32.1. The first-order chi connectivity index (χ1) is 4.93. The van der Waals surface area contributed by atoms with Gasteiger partial charge in [0, 0.05) is 18.9 Å². The Bertz CT molecular complexity index is 176. The Morgan fingerprint density at radius 1 is 1.40 bits per heavy atom. The van der Waals surface area contributed by atoms with E-state index in [4.69, 9.17) is 0 Å². The van der Waals surface area contributed by atoms with Crippen LogP contribution in [-0.4, -0.2) is 11.5 Å². The predicted octanol–water partition coefficient (Wildman–Crippen LogP) is 1.06. The maximum absolute atomic E-state index is 3.91. The maximum Gasteiger partial charge on any atom is 0.0270 e. The van der Waals surface area contributed by atoms with E-state index in [1.807, 2.05) is 12.1 Å². The Hall–Kier alpha value is -0.540. The Balaban J connectivity index is 2.43. The van der Waals surface area contributed by atoms with Gasteiger partial charge >= 0.3 is 0 Å². The van der Waals surface area contributed by atoms with Crippen LogP contribution in [0.5, 0.6) is 0 Å². The van der Waals surface area contributed by atoms with Crippen LogP contribution in [0, 0.1) is 0 Å². The van der Waals surface area contributed by atoms with Crippen LogP contribution in [-0.2, 0) is 6.42 Å². The molecule has 0 aromatic carbocycles. The van der Waals surface area contributed by atoms with Crippen LogP contribution in [0.4, 0.5) is 0 Å². The standard InChI is InChI=1S/C7H10N2S/c10-9-6-3-7-1-4-8-5-2-7/h1-2,4-5,9-10H,3,6H2. The number of thiol groups is 1. The summed E-state index contributed by atoms with van der Waals surface area (Å²) in [4.78, 5) is 3.91. The number of pyridine rings is 1. The van der Waals surface area contributed by atoms with Crippen molar-refractivity contribution in [3.05, 3.63) is 30.1 Å². The van der Waals surface area contributed by atoms with Crippen molar-refractivity contribution in [2.45, 2.75) is 6.42 Å². The average Bonchev–Trinajstić information content (AvgIpc) is 2.03. The molecule has 0 saturated carbocycles. The monoisotopic (exact) mass is 154 g/mol. The molecule has 0 aliphatic heterocycles. The van der Waals surface area contributed by atoms with E-state index in [9.17, 15) is 0 Å². The molecule has 1 aromatic rings. The van der Waals surface area contributed by atoms with Crippen molar-refractivity contribution < 1.29 is 0 Å². The first kappa shape index (κ1) is 7.57. The van der Waals surface area contributed by atoms with Gasteiger partial charge in [0.1, 0.15) is 0 Å². The zero-order valence-electron chi connectivity index (χ0n) is 5.62. The summed E-state index contributed by atoms with van der Waals surface area (Å²) in [5.74, 6) is 0. The van der Waals surface area contributed by atoms with Gasteiger partial charge in [-0.1, -0.05) is 12.8 Å². The highest BCUT2D eigenvalue weighted by Crippen LogP contribution is 1.95. The van der Waals surface area contributed by atoms with Crippen LogP contribution in [0.1, 0.15) is 5.56 Å². The van der Waals surface area contributed by atoms with E-state index in [1.54, 1.807) is 12.4 Å². The first-order valence-electron chi connectivity index (χ1n) is 3.19. The molecule has 1 N–H and O–H groups in total. The van der Waals surface area contributed by atoms with Gasteiger partial charge in [-0.05, 0) is 24.1 Å². The van der Waals surface area contributed by atoms with Gasteiger partial charge in [-0.15, -0.1) is 0 Å². The van der Waals surface area contributed by atoms with Crippen LogP contribution in [0.15, 0.2) is 24.5 Å². The Morgan fingerprint density at radius 3 is 2.70 bits per heavy atom. The summed E-state index contributed by atoms with van der Waals surface area (Å²) in [5, 5.41) is 0. The summed E-state index contributed by atoms with van der Waals surface area (Å²) < 4.78 is 2.79. The highest BCUT2D eigenvalue weighted by Gasteiger charge is 1.87. The number of aromatic nitrogens is 1. The van der Waals surface area contributed by atoms with E-state index in [2.05, 4.69) is 22.5 Å². The van der Waals surface area contributed by atoms with Crippen LogP contribution in [0.2, 0.25) is 0 Å². The first-order valence-corrected chi connectivity index (χ1v) is 3.64. The van der Waals surface area contributed by atoms with Gasteiger partial charge in [0.25, 0.3) is 0 Å². The second kappa shape index (κ2) is 4.30. The molecule has 0 saturated heterocycles. The van der Waals surface area contributed by atoms with Crippen molar-refractivity contribution in [3.63, 3.8) is 0 Å². The third-order valence-corrected chi connectivity index (χ3v) is 1.50. The lowest BCUT2D eigenvalue weighted by molar-refractivity contribution is 0.911. The summed E-state index contributed by atoms with van der Waals surface area (Å²) in [5.41, 5.74) is 1.29. The van der Waals surface area contributed by atoms with E-state index in [0.29, 0.717) is 0 Å². The summed E-state index contributed by atoms with van der Waals surface area (Å²) >= 11 is 3.89. The normalized spacial score (nSPS) is 9.70. The lowest BCUT2D eigenvalue weighted by Gasteiger charge is -1.96. The van der Waals surface area contributed by atoms with Crippen molar-refractivity contribution in [2.75, 3.05) is 6.54 Å². The minimum Gasteiger partial charge on any atom is -0.266 e. The third-order valence-electron chi connectivity index (χ3n) is 1.27. The number of rotatable bonds is 3. The van der Waals surface area contributed by atoms with E-state index < -0.39 is 0 Å². The van der Waals surface area contributed by atoms with Gasteiger partial charge in [-0.2, -0.15) is 0 Å². The number of hydrogen-bond acceptors (Lipinski definition) is 3. The van der Waals surface area contributed by atoms with Crippen molar-refractivity contribution in [2.24, 2.45) is 0 Å². The highest BCUT2D eigenvalue weighted by molar-refractivity contribution is 7.78. The Kier molecular flexibility index (Phi) is 3.26. The van der Waals surface area contributed by atoms with E-state index in [-0.39, 0.29) is 0 Å². The quantitative estimate of drug-likeness (QED) is 0.636. The number of nitrogens with one attached hydrogen (secondary N) is 1. The van der Waals surface area contributed by atoms with Crippen molar-refractivity contribution in [1.82, 2.24) is 9.71 Å². The van der Waals surface area contributed by atoms with Crippen LogP contribution < -0.4 is 4.72 Å². The Morgan fingerprint density at radius 2 is 2.10 bits per heavy atom. The zero-order chi connectivity index (χ0) is 7.23. The van der Waals surface area contributed by atoms with Crippen LogP contribution in [0.25, 0.3) is 0 Å². The summed E-state index contributed by atoms with van der Waals surface area (Å²) in [6.45, 7) is 0.896. The van der Waals surface area contributed by atoms with Gasteiger partial charge in [-0.3, -0.25) is 9.71 Å². The lowest BCUT2D eigenvalue weighted by Crippen LogP contribution is -2.04. The summed E-state index contributed by atoms with van der Waals surface area (Å²) in [7, 11) is 0. The van der Waals surface area contributed by atoms with Gasteiger partial charge in [0.15, 0.2) is 0 Å². The number of nitrogens with zero attached hydrogens (tertiary/aromatic N) is 1. The lowest BCUT2D eigenvalue weighted by atomic mass is 10.2. The molecule has 0 bridgehead atoms. The molecule has 0 atom stereocenters. The smallest absolute Gasteiger partial charge is 0.0270 e. The molecule has 0 aliphatic carbocycles. The van der Waals surface area contributed by atoms with Gasteiger partial charge < -0.3 is 0 Å². The molecule has 1 heterocycles. The molecule has 3 heteroatoms. The van der Waals surface area contributed by atoms with E-state index >= 15 is 0 Å². The average molecular weight is 154 g/mol. The predicted molar refractivity (Wildman–Crippen MR) is 44.9 cm³/mol. The van der Waals surface area contributed by atoms with Crippen molar-refractivity contribution in [1.29, 1.82) is 0 Å². The largest absolute Gasteiger partial charge is 0.266 e. The SMILES string of the molecule is SNCCc1ccncc1. The molecule has 10 heavy (non-hydrogen) atoms. The van der Waals surface area contributed by atoms with Crippen molar-refractivity contribution in [3.8, 4) is 0 Å². The third kappa shape index (κ3) is 2.37. The van der Waals surface area contributed by atoms with Crippen LogP contribution in [0.3, 0.4) is 0 Å².